The lowest BCUT2D eigenvalue weighted by molar-refractivity contribution is -0.161. The van der Waals surface area contributed by atoms with Crippen LogP contribution in [-0.4, -0.2) is 65.9 Å². The van der Waals surface area contributed by atoms with Crippen molar-refractivity contribution in [3.63, 3.8) is 0 Å². The number of nitrogens with zero attached hydrogens (tertiary/aromatic N) is 1. The third kappa shape index (κ3) is 3.97. The van der Waals surface area contributed by atoms with Crippen LogP contribution in [0.1, 0.15) is 29.9 Å². The molecule has 8 heteroatoms. The van der Waals surface area contributed by atoms with Gasteiger partial charge in [0.05, 0.1) is 6.54 Å². The number of aliphatic carboxylic acids is 1. The molecule has 3 atom stereocenters. The largest absolute Gasteiger partial charge is 0.479 e. The molecule has 35 heavy (non-hydrogen) atoms. The summed E-state index contributed by atoms with van der Waals surface area (Å²) in [7, 11) is 0. The molecule has 5 rings (SSSR count). The third-order valence-electron chi connectivity index (χ3n) is 7.36. The van der Waals surface area contributed by atoms with Crippen LogP contribution >= 0.6 is 0 Å². The Kier molecular flexibility index (Phi) is 6.06. The fourth-order valence-electron chi connectivity index (χ4n) is 5.62. The van der Waals surface area contributed by atoms with Gasteiger partial charge in [-0.25, -0.2) is 9.59 Å². The number of carbonyl (C=O) groups is 3. The predicted octanol–water partition coefficient (Wildman–Crippen LogP) is 3.17. The number of carbonyl (C=O) groups excluding carboxylic acids is 2. The Hall–Kier alpha value is -3.65. The van der Waals surface area contributed by atoms with Gasteiger partial charge in [0, 0.05) is 25.0 Å². The summed E-state index contributed by atoms with van der Waals surface area (Å²) in [6.45, 7) is 4.44. The highest BCUT2D eigenvalue weighted by Gasteiger charge is 2.58. The van der Waals surface area contributed by atoms with Gasteiger partial charge in [0.15, 0.2) is 5.60 Å². The molecule has 2 amide bonds. The van der Waals surface area contributed by atoms with E-state index in [1.165, 1.54) is 4.90 Å². The van der Waals surface area contributed by atoms with Gasteiger partial charge in [-0.15, -0.1) is 6.58 Å². The van der Waals surface area contributed by atoms with E-state index in [0.717, 1.165) is 22.3 Å². The van der Waals surface area contributed by atoms with Crippen molar-refractivity contribution < 1.29 is 29.0 Å². The molecule has 3 aliphatic rings. The lowest BCUT2D eigenvalue weighted by atomic mass is 9.91. The standard InChI is InChI=1S/C27H28N2O6/c1-2-7-23(24(30)29-14-17-12-13-35-27(17,16-29)25(31)32)28-26(33)34-15-22-20-10-5-3-8-18(20)19-9-4-6-11-21(19)22/h2-6,8-11,17,22-23H,1,7,12-16H2,(H,28,33)(H,31,32). The normalized spacial score (nSPS) is 23.2. The van der Waals surface area contributed by atoms with E-state index in [1.54, 1.807) is 6.08 Å². The summed E-state index contributed by atoms with van der Waals surface area (Å²) in [6.07, 6.45) is 1.63. The summed E-state index contributed by atoms with van der Waals surface area (Å²) < 4.78 is 11.1. The Bertz CT molecular complexity index is 1130. The summed E-state index contributed by atoms with van der Waals surface area (Å²) in [4.78, 5) is 39.3. The highest BCUT2D eigenvalue weighted by Crippen LogP contribution is 2.44. The van der Waals surface area contributed by atoms with E-state index >= 15 is 0 Å². The number of alkyl carbamates (subject to hydrolysis) is 1. The molecule has 8 nitrogen and oxygen atoms in total. The molecule has 0 bridgehead atoms. The molecule has 0 aromatic heterocycles. The van der Waals surface area contributed by atoms with Crippen LogP contribution in [0.4, 0.5) is 4.79 Å². The number of nitrogens with one attached hydrogen (secondary N) is 1. The third-order valence-corrected chi connectivity index (χ3v) is 7.36. The van der Waals surface area contributed by atoms with Crippen molar-refractivity contribution in [2.75, 3.05) is 26.3 Å². The zero-order valence-corrected chi connectivity index (χ0v) is 19.3. The lowest BCUT2D eigenvalue weighted by Gasteiger charge is -2.26. The van der Waals surface area contributed by atoms with Gasteiger partial charge in [0.25, 0.3) is 0 Å². The van der Waals surface area contributed by atoms with Crippen LogP contribution < -0.4 is 5.32 Å². The maximum Gasteiger partial charge on any atom is 0.407 e. The molecule has 0 spiro atoms. The molecular formula is C27H28N2O6. The zero-order chi connectivity index (χ0) is 24.6. The first kappa shape index (κ1) is 23.1. The second-order valence-electron chi connectivity index (χ2n) is 9.29. The monoisotopic (exact) mass is 476 g/mol. The fraction of sp³-hybridized carbons (Fsp3) is 0.370. The van der Waals surface area contributed by atoms with Crippen LogP contribution in [0.15, 0.2) is 61.2 Å². The highest BCUT2D eigenvalue weighted by molar-refractivity contribution is 5.88. The molecule has 3 unspecified atom stereocenters. The minimum atomic E-state index is -1.36. The number of benzene rings is 2. The Labute approximate surface area is 203 Å². The van der Waals surface area contributed by atoms with E-state index in [9.17, 15) is 19.5 Å². The lowest BCUT2D eigenvalue weighted by Crippen LogP contribution is -2.50. The number of likely N-dealkylation sites (tertiary alicyclic amines) is 1. The average Bonchev–Trinajstić information content (AvgIpc) is 3.52. The van der Waals surface area contributed by atoms with Gasteiger partial charge in [-0.05, 0) is 35.1 Å². The fourth-order valence-corrected chi connectivity index (χ4v) is 5.62. The molecule has 2 aromatic carbocycles. The molecule has 2 N–H and O–H groups in total. The van der Waals surface area contributed by atoms with Crippen LogP contribution in [0, 0.1) is 5.92 Å². The van der Waals surface area contributed by atoms with Crippen LogP contribution in [0.3, 0.4) is 0 Å². The van der Waals surface area contributed by atoms with Crippen LogP contribution in [-0.2, 0) is 19.1 Å². The summed E-state index contributed by atoms with van der Waals surface area (Å²) in [5.74, 6) is -1.77. The first-order chi connectivity index (χ1) is 16.9. The number of carboxylic acids is 1. The molecule has 1 aliphatic carbocycles. The molecule has 0 radical (unpaired) electrons. The van der Waals surface area contributed by atoms with Gasteiger partial charge < -0.3 is 24.8 Å². The van der Waals surface area contributed by atoms with Crippen molar-refractivity contribution >= 4 is 18.0 Å². The van der Waals surface area contributed by atoms with Gasteiger partial charge >= 0.3 is 12.1 Å². The number of amides is 2. The minimum Gasteiger partial charge on any atom is -0.479 e. The number of carboxylic acid groups (broad SMARTS) is 1. The number of rotatable bonds is 7. The van der Waals surface area contributed by atoms with Crippen molar-refractivity contribution in [2.24, 2.45) is 5.92 Å². The molecule has 2 saturated heterocycles. The average molecular weight is 477 g/mol. The predicted molar refractivity (Wildman–Crippen MR) is 128 cm³/mol. The van der Waals surface area contributed by atoms with Crippen LogP contribution in [0.25, 0.3) is 11.1 Å². The number of hydrogen-bond donors (Lipinski definition) is 2. The van der Waals surface area contributed by atoms with Crippen molar-refractivity contribution in [3.8, 4) is 11.1 Å². The number of hydrogen-bond acceptors (Lipinski definition) is 5. The van der Waals surface area contributed by atoms with E-state index in [0.29, 0.717) is 13.0 Å². The topological polar surface area (TPSA) is 105 Å². The van der Waals surface area contributed by atoms with E-state index in [2.05, 4.69) is 24.0 Å². The van der Waals surface area contributed by atoms with Crippen molar-refractivity contribution in [3.05, 3.63) is 72.3 Å². The van der Waals surface area contributed by atoms with Crippen molar-refractivity contribution in [1.82, 2.24) is 10.2 Å². The van der Waals surface area contributed by atoms with Gasteiger partial charge in [-0.2, -0.15) is 0 Å². The summed E-state index contributed by atoms with van der Waals surface area (Å²) in [5.41, 5.74) is 3.10. The van der Waals surface area contributed by atoms with Gasteiger partial charge in [0.1, 0.15) is 12.6 Å². The molecular weight excluding hydrogens is 448 g/mol. The maximum absolute atomic E-state index is 13.2. The van der Waals surface area contributed by atoms with Crippen molar-refractivity contribution in [1.29, 1.82) is 0 Å². The SMILES string of the molecule is C=CCC(NC(=O)OCC1c2ccccc2-c2ccccc21)C(=O)N1CC2CCOC2(C(=O)O)C1. The van der Waals surface area contributed by atoms with E-state index in [4.69, 9.17) is 9.47 Å². The Balaban J connectivity index is 1.24. The highest BCUT2D eigenvalue weighted by atomic mass is 16.5. The molecule has 182 valence electrons. The van der Waals surface area contributed by atoms with Crippen LogP contribution in [0.5, 0.6) is 0 Å². The first-order valence-electron chi connectivity index (χ1n) is 11.8. The first-order valence-corrected chi connectivity index (χ1v) is 11.8. The van der Waals surface area contributed by atoms with E-state index in [-0.39, 0.29) is 43.9 Å². The second kappa shape index (κ2) is 9.19. The molecule has 2 fully saturated rings. The summed E-state index contributed by atoms with van der Waals surface area (Å²) >= 11 is 0. The minimum absolute atomic E-state index is 0.0359. The Morgan fingerprint density at radius 2 is 1.83 bits per heavy atom. The van der Waals surface area contributed by atoms with E-state index < -0.39 is 23.7 Å². The Morgan fingerprint density at radius 3 is 2.43 bits per heavy atom. The van der Waals surface area contributed by atoms with Crippen molar-refractivity contribution in [2.45, 2.75) is 30.4 Å². The Morgan fingerprint density at radius 1 is 1.17 bits per heavy atom. The number of fused-ring (bicyclic) bond motifs is 4. The smallest absolute Gasteiger partial charge is 0.407 e. The molecule has 2 aromatic rings. The van der Waals surface area contributed by atoms with Crippen LogP contribution in [0.2, 0.25) is 0 Å². The maximum atomic E-state index is 13.2. The van der Waals surface area contributed by atoms with Gasteiger partial charge in [-0.3, -0.25) is 4.79 Å². The summed E-state index contributed by atoms with van der Waals surface area (Å²) in [6, 6.07) is 15.2. The second-order valence-corrected chi connectivity index (χ2v) is 9.29. The molecule has 0 saturated carbocycles. The zero-order valence-electron chi connectivity index (χ0n) is 19.3. The molecule has 2 aliphatic heterocycles. The van der Waals surface area contributed by atoms with Gasteiger partial charge in [-0.1, -0.05) is 54.6 Å². The quantitative estimate of drug-likeness (QED) is 0.595. The summed E-state index contributed by atoms with van der Waals surface area (Å²) in [5, 5.41) is 12.4. The van der Waals surface area contributed by atoms with E-state index in [1.807, 2.05) is 36.4 Å². The van der Waals surface area contributed by atoms with Gasteiger partial charge in [0.2, 0.25) is 5.91 Å². The molecule has 2 heterocycles. The number of ether oxygens (including phenoxy) is 2.